The molecule has 0 bridgehead atoms. The van der Waals surface area contributed by atoms with Crippen LogP contribution in [0.3, 0.4) is 0 Å². The van der Waals surface area contributed by atoms with Gasteiger partial charge in [0.2, 0.25) is 17.5 Å². The summed E-state index contributed by atoms with van der Waals surface area (Å²) in [5.74, 6) is -0.124. The van der Waals surface area contributed by atoms with Gasteiger partial charge < -0.3 is 19.7 Å². The summed E-state index contributed by atoms with van der Waals surface area (Å²) in [7, 11) is -3.31. The van der Waals surface area contributed by atoms with Gasteiger partial charge in [-0.25, -0.2) is 8.42 Å². The molecule has 0 aromatic heterocycles. The van der Waals surface area contributed by atoms with Gasteiger partial charge in [-0.05, 0) is 39.8 Å². The third-order valence-corrected chi connectivity index (χ3v) is 8.81. The van der Waals surface area contributed by atoms with Crippen molar-refractivity contribution in [2.24, 2.45) is 11.8 Å². The molecule has 1 heterocycles. The third-order valence-electron chi connectivity index (χ3n) is 6.26. The molecule has 1 aliphatic rings. The maximum atomic E-state index is 12.5. The van der Waals surface area contributed by atoms with E-state index in [-0.39, 0.29) is 31.2 Å². The first-order valence-corrected chi connectivity index (χ1v) is 15.4. The normalized spacial score (nSPS) is 20.1. The van der Waals surface area contributed by atoms with Gasteiger partial charge >= 0.3 is 0 Å². The Morgan fingerprint density at radius 3 is 2.26 bits per heavy atom. The second-order valence-electron chi connectivity index (χ2n) is 9.83. The summed E-state index contributed by atoms with van der Waals surface area (Å²) in [4.78, 5) is 14.6. The molecule has 1 saturated heterocycles. The monoisotopic (exact) mass is 537 g/mol. The van der Waals surface area contributed by atoms with Crippen LogP contribution in [0.1, 0.15) is 41.0 Å². The van der Waals surface area contributed by atoms with Crippen molar-refractivity contribution in [1.82, 2.24) is 25.1 Å². The lowest BCUT2D eigenvalue weighted by atomic mass is 9.93. The smallest absolute Gasteiger partial charge is 0.258 e. The third kappa shape index (κ3) is 9.51. The van der Waals surface area contributed by atoms with E-state index in [0.29, 0.717) is 24.6 Å². The van der Waals surface area contributed by atoms with Crippen LogP contribution >= 0.6 is 7.44 Å². The molecule has 0 radical (unpaired) electrons. The number of nitrogens with zero attached hydrogens (tertiary/aromatic N) is 1. The summed E-state index contributed by atoms with van der Waals surface area (Å²) in [6.07, 6.45) is 1.25. The lowest BCUT2D eigenvalue weighted by Crippen LogP contribution is -2.55. The highest BCUT2D eigenvalue weighted by Crippen LogP contribution is 2.35. The Labute approximate surface area is 211 Å². The minimum Gasteiger partial charge on any atom is -0.374 e. The minimum atomic E-state index is -3.70. The van der Waals surface area contributed by atoms with E-state index in [4.69, 9.17) is 9.47 Å². The number of allylic oxidation sites excluding steroid dienone is 1. The zero-order valence-electron chi connectivity index (χ0n) is 22.3. The molecule has 0 spiro atoms. The van der Waals surface area contributed by atoms with Crippen LogP contribution in [-0.2, 0) is 28.9 Å². The van der Waals surface area contributed by atoms with Gasteiger partial charge in [-0.15, -0.1) is 0 Å². The van der Waals surface area contributed by atoms with Gasteiger partial charge in [-0.1, -0.05) is 33.9 Å². The summed E-state index contributed by atoms with van der Waals surface area (Å²) < 4.78 is 48.8. The van der Waals surface area contributed by atoms with Crippen molar-refractivity contribution in [3.63, 3.8) is 0 Å². The number of likely N-dealkylation sites (tertiary alicyclic amines) is 1. The molecule has 0 aromatic carbocycles. The maximum Gasteiger partial charge on any atom is 0.258 e. The van der Waals surface area contributed by atoms with Crippen molar-refractivity contribution < 1.29 is 27.3 Å². The summed E-state index contributed by atoms with van der Waals surface area (Å²) >= 11 is 0. The zero-order chi connectivity index (χ0) is 27.2. The van der Waals surface area contributed by atoms with Crippen LogP contribution in [0.5, 0.6) is 0 Å². The second-order valence-corrected chi connectivity index (χ2v) is 14.2. The number of hydrogen-bond acceptors (Lipinski definition) is 8. The highest BCUT2D eigenvalue weighted by molar-refractivity contribution is 7.89. The number of carbonyl (C=O) groups excluding carboxylic acids is 1. The van der Waals surface area contributed by atoms with E-state index in [1.807, 2.05) is 4.72 Å². The van der Waals surface area contributed by atoms with E-state index in [0.717, 1.165) is 12.0 Å². The molecule has 1 fully saturated rings. The summed E-state index contributed by atoms with van der Waals surface area (Å²) in [5, 5.41) is 8.55. The van der Waals surface area contributed by atoms with Crippen molar-refractivity contribution in [1.29, 1.82) is 0 Å². The Morgan fingerprint density at radius 1 is 1.20 bits per heavy atom. The molecular formula is C22H44N5O6PS. The van der Waals surface area contributed by atoms with E-state index in [2.05, 4.69) is 54.3 Å². The molecule has 1 amide bonds. The first-order chi connectivity index (χ1) is 16.0. The van der Waals surface area contributed by atoms with Crippen LogP contribution < -0.4 is 20.2 Å². The largest absolute Gasteiger partial charge is 0.374 e. The first-order valence-electron chi connectivity index (χ1n) is 11.6. The van der Waals surface area contributed by atoms with Crippen LogP contribution in [0.4, 0.5) is 0 Å². The van der Waals surface area contributed by atoms with Crippen LogP contribution in [-0.4, -0.2) is 76.9 Å². The van der Waals surface area contributed by atoms with E-state index in [9.17, 15) is 17.8 Å². The lowest BCUT2D eigenvalue weighted by Gasteiger charge is -2.36. The first kappa shape index (κ1) is 31.6. The molecule has 35 heavy (non-hydrogen) atoms. The van der Waals surface area contributed by atoms with Crippen molar-refractivity contribution in [3.8, 4) is 0 Å². The average Bonchev–Trinajstić information content (AvgIpc) is 3.18. The minimum absolute atomic E-state index is 0.0190. The fraction of sp³-hybridized carbons (Fsp3) is 0.773. The van der Waals surface area contributed by atoms with Gasteiger partial charge in [0, 0.05) is 24.4 Å². The standard InChI is InChI=1S/C22H44N5O6PS/c1-15(2)16(3)18(5)27-12-19(33-13-32-14-34(29,23-8)24-9)11-20(27)17(4)25-22(6,7)21(28)26-35(10,30)31/h15-16,19-20,25H,4-5,11-14H2,1-3,6-10H3,(H,26,28)(H2,23,24,29). The van der Waals surface area contributed by atoms with Crippen LogP contribution in [0.15, 0.2) is 24.6 Å². The molecule has 1 aliphatic heterocycles. The molecule has 11 nitrogen and oxygen atoms in total. The number of carbonyl (C=O) groups is 1. The van der Waals surface area contributed by atoms with Gasteiger partial charge in [0.05, 0.1) is 18.4 Å². The van der Waals surface area contributed by atoms with Crippen LogP contribution in [0.25, 0.3) is 0 Å². The molecule has 4 N–H and O–H groups in total. The van der Waals surface area contributed by atoms with Crippen molar-refractivity contribution in [3.05, 3.63) is 24.6 Å². The predicted octanol–water partition coefficient (Wildman–Crippen LogP) is 1.77. The highest BCUT2D eigenvalue weighted by atomic mass is 32.2. The van der Waals surface area contributed by atoms with Crippen molar-refractivity contribution in [2.45, 2.75) is 58.7 Å². The number of hydrogen-bond donors (Lipinski definition) is 4. The molecule has 0 aromatic rings. The molecule has 0 saturated carbocycles. The molecule has 3 unspecified atom stereocenters. The lowest BCUT2D eigenvalue weighted by molar-refractivity contribution is -0.124. The van der Waals surface area contributed by atoms with Gasteiger partial charge in [0.1, 0.15) is 18.7 Å². The molecule has 0 aliphatic carbocycles. The molecule has 204 valence electrons. The van der Waals surface area contributed by atoms with E-state index in [1.165, 1.54) is 0 Å². The van der Waals surface area contributed by atoms with Gasteiger partial charge in [0.25, 0.3) is 5.91 Å². The maximum absolute atomic E-state index is 12.5. The fourth-order valence-corrected chi connectivity index (χ4v) is 5.01. The number of nitrogens with one attached hydrogen (secondary N) is 4. The Balaban J connectivity index is 2.95. The number of rotatable bonds is 15. The fourth-order valence-electron chi connectivity index (χ4n) is 3.60. The quantitative estimate of drug-likeness (QED) is 0.139. The van der Waals surface area contributed by atoms with Gasteiger partial charge in [-0.2, -0.15) is 0 Å². The topological polar surface area (TPSA) is 138 Å². The number of amides is 1. The SMILES string of the molecule is C=C(NC(C)(C)C(=O)NS(C)(=O)=O)C1CC(OCOCP(=O)(NC)NC)CN1C(=C)C(C)C(C)C. The summed E-state index contributed by atoms with van der Waals surface area (Å²) in [6, 6.07) is -0.236. The molecule has 13 heteroatoms. The second kappa shape index (κ2) is 12.7. The highest BCUT2D eigenvalue weighted by Gasteiger charge is 2.39. The van der Waals surface area contributed by atoms with Crippen molar-refractivity contribution >= 4 is 23.4 Å². The Morgan fingerprint density at radius 2 is 1.77 bits per heavy atom. The summed E-state index contributed by atoms with van der Waals surface area (Å²) in [5.41, 5.74) is 0.256. The van der Waals surface area contributed by atoms with E-state index >= 15 is 0 Å². The average molecular weight is 538 g/mol. The molecular weight excluding hydrogens is 493 g/mol. The Kier molecular flexibility index (Phi) is 11.5. The zero-order valence-corrected chi connectivity index (χ0v) is 24.0. The van der Waals surface area contributed by atoms with Crippen LogP contribution in [0, 0.1) is 11.8 Å². The van der Waals surface area contributed by atoms with Gasteiger partial charge in [-0.3, -0.25) is 24.3 Å². The molecule has 1 rings (SSSR count). The Bertz CT molecular complexity index is 915. The van der Waals surface area contributed by atoms with Gasteiger partial charge in [0.15, 0.2) is 0 Å². The van der Waals surface area contributed by atoms with Crippen LogP contribution in [0.2, 0.25) is 0 Å². The molecule has 3 atom stereocenters. The summed E-state index contributed by atoms with van der Waals surface area (Å²) in [6.45, 7) is 18.5. The van der Waals surface area contributed by atoms with E-state index in [1.54, 1.807) is 27.9 Å². The van der Waals surface area contributed by atoms with E-state index < -0.39 is 28.9 Å². The number of ether oxygens (including phenoxy) is 2. The number of sulfonamides is 1. The van der Waals surface area contributed by atoms with Crippen molar-refractivity contribution in [2.75, 3.05) is 40.0 Å². The predicted molar refractivity (Wildman–Crippen MR) is 139 cm³/mol. The Hall–Kier alpha value is -1.43.